The molecule has 1 aromatic heterocycles. The van der Waals surface area contributed by atoms with Gasteiger partial charge >= 0.3 is 0 Å². The molecular weight excluding hydrogens is 282 g/mol. The number of nitrogens with one attached hydrogen (secondary N) is 1. The first-order valence-corrected chi connectivity index (χ1v) is 8.29. The largest absolute Gasteiger partial charge is 0.356 e. The minimum absolute atomic E-state index is 0.786. The van der Waals surface area contributed by atoms with Crippen LogP contribution in [0.25, 0.3) is 10.9 Å². The van der Waals surface area contributed by atoms with Crippen molar-refractivity contribution >= 4 is 28.9 Å². The van der Waals surface area contributed by atoms with Crippen LogP contribution in [0.15, 0.2) is 30.6 Å². The van der Waals surface area contributed by atoms with Gasteiger partial charge in [0, 0.05) is 37.2 Å². The van der Waals surface area contributed by atoms with Crippen molar-refractivity contribution in [2.45, 2.75) is 19.3 Å². The van der Waals surface area contributed by atoms with Crippen LogP contribution in [0, 0.1) is 5.92 Å². The Balaban J connectivity index is 1.66. The Kier molecular flexibility index (Phi) is 4.90. The molecule has 1 aromatic carbocycles. The van der Waals surface area contributed by atoms with Crippen LogP contribution in [0.2, 0.25) is 0 Å². The highest BCUT2D eigenvalue weighted by Gasteiger charge is 2.21. The van der Waals surface area contributed by atoms with E-state index in [0.29, 0.717) is 0 Å². The molecule has 6 heteroatoms. The zero-order valence-corrected chi connectivity index (χ0v) is 12.9. The van der Waals surface area contributed by atoms with Crippen LogP contribution in [0.4, 0.5) is 5.82 Å². The number of rotatable bonds is 5. The number of nitrogens with two attached hydrogens (primary N) is 1. The van der Waals surface area contributed by atoms with Gasteiger partial charge in [0.1, 0.15) is 12.1 Å². The molecule has 0 amide bonds. The van der Waals surface area contributed by atoms with Crippen molar-refractivity contribution in [1.29, 1.82) is 0 Å². The zero-order chi connectivity index (χ0) is 14.5. The first-order valence-electron chi connectivity index (χ1n) is 7.42. The van der Waals surface area contributed by atoms with E-state index in [1.807, 2.05) is 12.1 Å². The predicted molar refractivity (Wildman–Crippen MR) is 88.9 cm³/mol. The van der Waals surface area contributed by atoms with Crippen molar-refractivity contribution in [1.82, 2.24) is 14.7 Å². The molecule has 21 heavy (non-hydrogen) atoms. The number of benzene rings is 1. The number of para-hydroxylation sites is 1. The fourth-order valence-electron chi connectivity index (χ4n) is 3.00. The van der Waals surface area contributed by atoms with E-state index >= 15 is 0 Å². The standard InChI is InChI=1S/C15H21N5S/c16-21-19-8-5-12-6-9-20(10-7-12)15-13-3-1-2-4-14(13)17-11-18-15/h1-4,11-12,19H,5-10,16H2. The van der Waals surface area contributed by atoms with Gasteiger partial charge in [-0.15, -0.1) is 0 Å². The summed E-state index contributed by atoms with van der Waals surface area (Å²) in [7, 11) is 0. The Morgan fingerprint density at radius 3 is 2.86 bits per heavy atom. The second-order valence-corrected chi connectivity index (χ2v) is 5.97. The summed E-state index contributed by atoms with van der Waals surface area (Å²) >= 11 is 1.21. The highest BCUT2D eigenvalue weighted by Crippen LogP contribution is 2.28. The monoisotopic (exact) mass is 303 g/mol. The summed E-state index contributed by atoms with van der Waals surface area (Å²) in [5.74, 6) is 1.86. The molecule has 5 nitrogen and oxygen atoms in total. The lowest BCUT2D eigenvalue weighted by Crippen LogP contribution is -2.35. The van der Waals surface area contributed by atoms with E-state index < -0.39 is 0 Å². The van der Waals surface area contributed by atoms with Crippen LogP contribution in [-0.4, -0.2) is 29.6 Å². The quantitative estimate of drug-likeness (QED) is 0.653. The topological polar surface area (TPSA) is 67.1 Å². The van der Waals surface area contributed by atoms with Gasteiger partial charge in [-0.25, -0.2) is 9.97 Å². The maximum atomic E-state index is 5.38. The molecule has 1 aliphatic heterocycles. The second-order valence-electron chi connectivity index (χ2n) is 5.45. The van der Waals surface area contributed by atoms with Gasteiger partial charge in [0.25, 0.3) is 0 Å². The summed E-state index contributed by atoms with van der Waals surface area (Å²) in [5.41, 5.74) is 1.02. The molecule has 0 radical (unpaired) electrons. The lowest BCUT2D eigenvalue weighted by molar-refractivity contribution is 0.382. The van der Waals surface area contributed by atoms with Gasteiger partial charge in [0.05, 0.1) is 5.52 Å². The lowest BCUT2D eigenvalue weighted by Gasteiger charge is -2.33. The summed E-state index contributed by atoms with van der Waals surface area (Å²) in [6.07, 6.45) is 5.30. The van der Waals surface area contributed by atoms with E-state index in [4.69, 9.17) is 5.14 Å². The molecule has 0 atom stereocenters. The van der Waals surface area contributed by atoms with Crippen LogP contribution >= 0.6 is 12.1 Å². The summed E-state index contributed by atoms with van der Waals surface area (Å²) in [6, 6.07) is 8.23. The average molecular weight is 303 g/mol. The minimum atomic E-state index is 0.786. The molecule has 0 saturated carbocycles. The Bertz CT molecular complexity index is 578. The average Bonchev–Trinajstić information content (AvgIpc) is 2.55. The molecule has 3 rings (SSSR count). The van der Waals surface area contributed by atoms with E-state index in [-0.39, 0.29) is 0 Å². The van der Waals surface area contributed by atoms with Gasteiger partial charge in [0.15, 0.2) is 0 Å². The van der Waals surface area contributed by atoms with E-state index in [1.54, 1.807) is 6.33 Å². The van der Waals surface area contributed by atoms with Crippen molar-refractivity contribution < 1.29 is 0 Å². The summed E-state index contributed by atoms with van der Waals surface area (Å²) in [6.45, 7) is 3.13. The van der Waals surface area contributed by atoms with Gasteiger partial charge in [-0.05, 0) is 37.3 Å². The molecule has 0 bridgehead atoms. The molecule has 0 unspecified atom stereocenters. The molecule has 3 N–H and O–H groups in total. The molecule has 1 saturated heterocycles. The zero-order valence-electron chi connectivity index (χ0n) is 12.0. The van der Waals surface area contributed by atoms with Crippen molar-refractivity contribution in [3.8, 4) is 0 Å². The van der Waals surface area contributed by atoms with E-state index in [2.05, 4.69) is 31.7 Å². The maximum absolute atomic E-state index is 5.38. The van der Waals surface area contributed by atoms with Crippen molar-refractivity contribution in [3.63, 3.8) is 0 Å². The summed E-state index contributed by atoms with van der Waals surface area (Å²) < 4.78 is 3.12. The Morgan fingerprint density at radius 1 is 1.24 bits per heavy atom. The number of hydrogen-bond acceptors (Lipinski definition) is 6. The lowest BCUT2D eigenvalue weighted by atomic mass is 9.93. The first-order chi connectivity index (χ1) is 10.4. The van der Waals surface area contributed by atoms with Crippen LogP contribution in [0.3, 0.4) is 0 Å². The number of nitrogens with zero attached hydrogens (tertiary/aromatic N) is 3. The smallest absolute Gasteiger partial charge is 0.139 e. The third-order valence-electron chi connectivity index (χ3n) is 4.17. The van der Waals surface area contributed by atoms with Crippen LogP contribution in [0.1, 0.15) is 19.3 Å². The minimum Gasteiger partial charge on any atom is -0.356 e. The van der Waals surface area contributed by atoms with Crippen LogP contribution < -0.4 is 14.8 Å². The van der Waals surface area contributed by atoms with Crippen molar-refractivity contribution in [2.24, 2.45) is 11.1 Å². The summed E-state index contributed by atoms with van der Waals surface area (Å²) in [5, 5.41) is 6.53. The highest BCUT2D eigenvalue weighted by atomic mass is 32.2. The summed E-state index contributed by atoms with van der Waals surface area (Å²) in [4.78, 5) is 11.2. The van der Waals surface area contributed by atoms with Gasteiger partial charge in [0.2, 0.25) is 0 Å². The number of aromatic nitrogens is 2. The number of piperidine rings is 1. The third kappa shape index (κ3) is 3.45. The van der Waals surface area contributed by atoms with E-state index in [1.165, 1.54) is 31.4 Å². The highest BCUT2D eigenvalue weighted by molar-refractivity contribution is 7.95. The van der Waals surface area contributed by atoms with E-state index in [0.717, 1.165) is 42.3 Å². The second kappa shape index (κ2) is 7.06. The molecule has 0 spiro atoms. The van der Waals surface area contributed by atoms with Gasteiger partial charge < -0.3 is 4.90 Å². The predicted octanol–water partition coefficient (Wildman–Crippen LogP) is 2.35. The molecule has 1 fully saturated rings. The molecule has 112 valence electrons. The normalized spacial score (nSPS) is 16.5. The molecular formula is C15H21N5S. The fraction of sp³-hybridized carbons (Fsp3) is 0.467. The van der Waals surface area contributed by atoms with Crippen molar-refractivity contribution in [2.75, 3.05) is 24.5 Å². The van der Waals surface area contributed by atoms with Gasteiger partial charge in [-0.1, -0.05) is 12.1 Å². The molecule has 2 aromatic rings. The third-order valence-corrected chi connectivity index (χ3v) is 4.54. The number of hydrogen-bond donors (Lipinski definition) is 2. The molecule has 1 aliphatic rings. The fourth-order valence-corrected chi connectivity index (χ4v) is 3.23. The molecule has 0 aliphatic carbocycles. The number of anilines is 1. The Hall–Kier alpha value is -1.37. The number of fused-ring (bicyclic) bond motifs is 1. The van der Waals surface area contributed by atoms with Gasteiger partial charge in [-0.2, -0.15) is 0 Å². The van der Waals surface area contributed by atoms with Crippen LogP contribution in [-0.2, 0) is 0 Å². The Morgan fingerprint density at radius 2 is 2.05 bits per heavy atom. The first kappa shape index (κ1) is 14.6. The van der Waals surface area contributed by atoms with Gasteiger partial charge in [-0.3, -0.25) is 9.86 Å². The van der Waals surface area contributed by atoms with Crippen molar-refractivity contribution in [3.05, 3.63) is 30.6 Å². The maximum Gasteiger partial charge on any atom is 0.139 e. The molecule has 2 heterocycles. The SMILES string of the molecule is NSNCCC1CCN(c2ncnc3ccccc23)CC1. The van der Waals surface area contributed by atoms with Crippen LogP contribution in [0.5, 0.6) is 0 Å². The van der Waals surface area contributed by atoms with E-state index in [9.17, 15) is 0 Å². The Labute approximate surface area is 129 Å².